The van der Waals surface area contributed by atoms with Gasteiger partial charge >= 0.3 is 5.97 Å². The van der Waals surface area contributed by atoms with Gasteiger partial charge in [0.25, 0.3) is 5.91 Å². The van der Waals surface area contributed by atoms with Gasteiger partial charge in [-0.2, -0.15) is 0 Å². The number of hydrogen-bond acceptors (Lipinski definition) is 3. The summed E-state index contributed by atoms with van der Waals surface area (Å²) in [4.78, 5) is 22.9. The van der Waals surface area contributed by atoms with Gasteiger partial charge < -0.3 is 15.2 Å². The van der Waals surface area contributed by atoms with Crippen molar-refractivity contribution in [2.24, 2.45) is 5.92 Å². The molecule has 21 heavy (non-hydrogen) atoms. The number of carbonyl (C=O) groups excluding carboxylic acids is 1. The van der Waals surface area contributed by atoms with E-state index in [0.29, 0.717) is 12.2 Å². The standard InChI is InChI=1S/C16H23NO4/c1-4-5-10-21-14-8-6-13(7-9-14)15(18)17-12(3)11(2)16(19)20/h6-9,11-12H,4-5,10H2,1-3H3,(H,17,18)(H,19,20). The molecule has 0 fully saturated rings. The second-order valence-corrected chi connectivity index (χ2v) is 5.12. The van der Waals surface area contributed by atoms with E-state index < -0.39 is 17.9 Å². The van der Waals surface area contributed by atoms with Crippen LogP contribution in [0.15, 0.2) is 24.3 Å². The first kappa shape index (κ1) is 17.0. The summed E-state index contributed by atoms with van der Waals surface area (Å²) < 4.78 is 5.52. The number of aliphatic carboxylic acids is 1. The zero-order valence-electron chi connectivity index (χ0n) is 12.8. The minimum Gasteiger partial charge on any atom is -0.494 e. The van der Waals surface area contributed by atoms with Crippen LogP contribution < -0.4 is 10.1 Å². The second-order valence-electron chi connectivity index (χ2n) is 5.12. The Morgan fingerprint density at radius 3 is 2.38 bits per heavy atom. The Morgan fingerprint density at radius 1 is 1.24 bits per heavy atom. The number of rotatable bonds is 8. The van der Waals surface area contributed by atoms with E-state index >= 15 is 0 Å². The van der Waals surface area contributed by atoms with Crippen LogP contribution in [0.4, 0.5) is 0 Å². The minimum absolute atomic E-state index is 0.282. The lowest BCUT2D eigenvalue weighted by Gasteiger charge is -2.17. The lowest BCUT2D eigenvalue weighted by atomic mass is 10.0. The molecule has 1 aromatic rings. The zero-order chi connectivity index (χ0) is 15.8. The Balaban J connectivity index is 2.57. The summed E-state index contributed by atoms with van der Waals surface area (Å²) in [5, 5.41) is 11.6. The summed E-state index contributed by atoms with van der Waals surface area (Å²) >= 11 is 0. The Morgan fingerprint density at radius 2 is 1.86 bits per heavy atom. The molecule has 5 nitrogen and oxygen atoms in total. The predicted molar refractivity (Wildman–Crippen MR) is 80.6 cm³/mol. The highest BCUT2D eigenvalue weighted by Gasteiger charge is 2.21. The molecule has 0 heterocycles. The van der Waals surface area contributed by atoms with Gasteiger partial charge in [-0.3, -0.25) is 9.59 Å². The van der Waals surface area contributed by atoms with Gasteiger partial charge in [-0.1, -0.05) is 13.3 Å². The SMILES string of the molecule is CCCCOc1ccc(C(=O)NC(C)C(C)C(=O)O)cc1. The molecule has 0 aliphatic rings. The highest BCUT2D eigenvalue weighted by molar-refractivity contribution is 5.94. The largest absolute Gasteiger partial charge is 0.494 e. The van der Waals surface area contributed by atoms with Gasteiger partial charge in [-0.25, -0.2) is 0 Å². The van der Waals surface area contributed by atoms with Gasteiger partial charge in [-0.05, 0) is 44.5 Å². The molecule has 2 unspecified atom stereocenters. The van der Waals surface area contributed by atoms with Gasteiger partial charge in [0.15, 0.2) is 0 Å². The third kappa shape index (κ3) is 5.45. The molecule has 1 rings (SSSR count). The van der Waals surface area contributed by atoms with E-state index in [1.165, 1.54) is 0 Å². The van der Waals surface area contributed by atoms with Crippen molar-refractivity contribution in [1.82, 2.24) is 5.32 Å². The fourth-order valence-corrected chi connectivity index (χ4v) is 1.67. The Hall–Kier alpha value is -2.04. The van der Waals surface area contributed by atoms with Gasteiger partial charge in [-0.15, -0.1) is 0 Å². The lowest BCUT2D eigenvalue weighted by Crippen LogP contribution is -2.40. The molecule has 1 aromatic carbocycles. The molecule has 116 valence electrons. The van der Waals surface area contributed by atoms with E-state index in [1.54, 1.807) is 38.1 Å². The summed E-state index contributed by atoms with van der Waals surface area (Å²) in [5.41, 5.74) is 0.488. The van der Waals surface area contributed by atoms with Crippen molar-refractivity contribution in [1.29, 1.82) is 0 Å². The van der Waals surface area contributed by atoms with E-state index in [0.717, 1.165) is 18.6 Å². The van der Waals surface area contributed by atoms with E-state index in [1.807, 2.05) is 0 Å². The van der Waals surface area contributed by atoms with Crippen molar-refractivity contribution in [3.05, 3.63) is 29.8 Å². The number of carboxylic acids is 1. The maximum atomic E-state index is 12.0. The van der Waals surface area contributed by atoms with Crippen LogP contribution in [0.1, 0.15) is 44.0 Å². The smallest absolute Gasteiger partial charge is 0.308 e. The number of carboxylic acid groups (broad SMARTS) is 1. The van der Waals surface area contributed by atoms with Crippen molar-refractivity contribution in [3.8, 4) is 5.75 Å². The number of carbonyl (C=O) groups is 2. The Kier molecular flexibility index (Phi) is 6.72. The van der Waals surface area contributed by atoms with Crippen LogP contribution in [0, 0.1) is 5.92 Å². The van der Waals surface area contributed by atoms with E-state index in [9.17, 15) is 9.59 Å². The highest BCUT2D eigenvalue weighted by Crippen LogP contribution is 2.13. The second kappa shape index (κ2) is 8.29. The molecule has 0 aliphatic heterocycles. The fourth-order valence-electron chi connectivity index (χ4n) is 1.67. The van der Waals surface area contributed by atoms with Gasteiger partial charge in [0.05, 0.1) is 12.5 Å². The zero-order valence-corrected chi connectivity index (χ0v) is 12.8. The number of nitrogens with one attached hydrogen (secondary N) is 1. The van der Waals surface area contributed by atoms with Crippen molar-refractivity contribution >= 4 is 11.9 Å². The maximum Gasteiger partial charge on any atom is 0.308 e. The van der Waals surface area contributed by atoms with Gasteiger partial charge in [0.1, 0.15) is 5.75 Å². The molecule has 2 N–H and O–H groups in total. The average molecular weight is 293 g/mol. The number of unbranched alkanes of at least 4 members (excludes halogenated alkanes) is 1. The summed E-state index contributed by atoms with van der Waals surface area (Å²) in [6.07, 6.45) is 2.06. The van der Waals surface area contributed by atoms with Gasteiger partial charge in [0, 0.05) is 11.6 Å². The van der Waals surface area contributed by atoms with Crippen molar-refractivity contribution in [2.45, 2.75) is 39.7 Å². The molecular formula is C16H23NO4. The molecule has 0 aromatic heterocycles. The first-order chi connectivity index (χ1) is 9.95. The van der Waals surface area contributed by atoms with Crippen molar-refractivity contribution in [3.63, 3.8) is 0 Å². The van der Waals surface area contributed by atoms with Crippen LogP contribution >= 0.6 is 0 Å². The number of amides is 1. The molecule has 0 radical (unpaired) electrons. The number of hydrogen-bond donors (Lipinski definition) is 2. The van der Waals surface area contributed by atoms with Crippen LogP contribution in [0.2, 0.25) is 0 Å². The van der Waals surface area contributed by atoms with Crippen LogP contribution in [0.3, 0.4) is 0 Å². The average Bonchev–Trinajstić information content (AvgIpc) is 2.47. The first-order valence-electron chi connectivity index (χ1n) is 7.22. The van der Waals surface area contributed by atoms with E-state index in [2.05, 4.69) is 12.2 Å². The lowest BCUT2D eigenvalue weighted by molar-refractivity contribution is -0.141. The molecule has 5 heteroatoms. The summed E-state index contributed by atoms with van der Waals surface area (Å²) in [5.74, 6) is -1.12. The van der Waals surface area contributed by atoms with Crippen molar-refractivity contribution < 1.29 is 19.4 Å². The van der Waals surface area contributed by atoms with E-state index in [4.69, 9.17) is 9.84 Å². The molecule has 0 saturated heterocycles. The Bertz CT molecular complexity index is 470. The summed E-state index contributed by atoms with van der Waals surface area (Å²) in [7, 11) is 0. The molecule has 0 aliphatic carbocycles. The first-order valence-corrected chi connectivity index (χ1v) is 7.22. The van der Waals surface area contributed by atoms with Crippen LogP contribution in [-0.4, -0.2) is 29.6 Å². The minimum atomic E-state index is -0.928. The third-order valence-corrected chi connectivity index (χ3v) is 3.38. The quantitative estimate of drug-likeness (QED) is 0.723. The van der Waals surface area contributed by atoms with Crippen LogP contribution in [0.25, 0.3) is 0 Å². The third-order valence-electron chi connectivity index (χ3n) is 3.38. The molecular weight excluding hydrogens is 270 g/mol. The van der Waals surface area contributed by atoms with Crippen LogP contribution in [-0.2, 0) is 4.79 Å². The van der Waals surface area contributed by atoms with Gasteiger partial charge in [0.2, 0.25) is 0 Å². The topological polar surface area (TPSA) is 75.6 Å². The van der Waals surface area contributed by atoms with Crippen LogP contribution in [0.5, 0.6) is 5.75 Å². The summed E-state index contributed by atoms with van der Waals surface area (Å²) in [6.45, 7) is 6.00. The number of ether oxygens (including phenoxy) is 1. The molecule has 0 spiro atoms. The highest BCUT2D eigenvalue weighted by atomic mass is 16.5. The predicted octanol–water partition coefficient (Wildman–Crippen LogP) is 2.70. The van der Waals surface area contributed by atoms with E-state index in [-0.39, 0.29) is 5.91 Å². The molecule has 0 saturated carbocycles. The molecule has 0 bridgehead atoms. The molecule has 1 amide bonds. The normalized spacial score (nSPS) is 13.3. The maximum absolute atomic E-state index is 12.0. The molecule has 2 atom stereocenters. The van der Waals surface area contributed by atoms with Crippen molar-refractivity contribution in [2.75, 3.05) is 6.61 Å². The summed E-state index contributed by atoms with van der Waals surface area (Å²) in [6, 6.07) is 6.41. The number of benzene rings is 1. The monoisotopic (exact) mass is 293 g/mol. The fraction of sp³-hybridized carbons (Fsp3) is 0.500. The Labute approximate surface area is 125 Å².